The fourth-order valence-electron chi connectivity index (χ4n) is 2.27. The lowest BCUT2D eigenvalue weighted by Crippen LogP contribution is -2.40. The predicted octanol–water partition coefficient (Wildman–Crippen LogP) is 1.84. The Labute approximate surface area is 82.5 Å². The second-order valence-electron chi connectivity index (χ2n) is 4.90. The third-order valence-corrected chi connectivity index (χ3v) is 3.02. The van der Waals surface area contributed by atoms with E-state index in [1.54, 1.807) is 0 Å². The van der Waals surface area contributed by atoms with Crippen LogP contribution in [0, 0.1) is 5.92 Å². The summed E-state index contributed by atoms with van der Waals surface area (Å²) >= 11 is 0. The molecule has 2 N–H and O–H groups in total. The van der Waals surface area contributed by atoms with E-state index in [0.717, 1.165) is 12.0 Å². The van der Waals surface area contributed by atoms with Crippen LogP contribution in [0.5, 0.6) is 0 Å². The Morgan fingerprint density at radius 2 is 1.77 bits per heavy atom. The third kappa shape index (κ3) is 3.65. The molecule has 0 spiro atoms. The van der Waals surface area contributed by atoms with Gasteiger partial charge in [-0.25, -0.2) is 0 Å². The normalized spacial score (nSPS) is 30.0. The van der Waals surface area contributed by atoms with E-state index in [1.165, 1.54) is 32.2 Å². The van der Waals surface area contributed by atoms with E-state index in [-0.39, 0.29) is 0 Å². The van der Waals surface area contributed by atoms with E-state index in [2.05, 4.69) is 25.8 Å². The van der Waals surface area contributed by atoms with Crippen molar-refractivity contribution in [3.8, 4) is 0 Å². The van der Waals surface area contributed by atoms with Gasteiger partial charge in [0, 0.05) is 18.6 Å². The van der Waals surface area contributed by atoms with Crippen molar-refractivity contribution in [1.29, 1.82) is 0 Å². The quantitative estimate of drug-likeness (QED) is 0.725. The van der Waals surface area contributed by atoms with Gasteiger partial charge in [0.2, 0.25) is 0 Å². The highest BCUT2D eigenvalue weighted by Gasteiger charge is 2.21. The van der Waals surface area contributed by atoms with Gasteiger partial charge in [-0.05, 0) is 38.6 Å². The first kappa shape index (κ1) is 11.0. The van der Waals surface area contributed by atoms with E-state index in [1.807, 2.05) is 0 Å². The van der Waals surface area contributed by atoms with Gasteiger partial charge < -0.3 is 10.6 Å². The maximum atomic E-state index is 5.88. The van der Waals surface area contributed by atoms with Gasteiger partial charge in [0.05, 0.1) is 0 Å². The molecular formula is C11H24N2. The molecule has 1 rings (SSSR count). The zero-order valence-electron chi connectivity index (χ0n) is 9.29. The van der Waals surface area contributed by atoms with Crippen LogP contribution in [0.1, 0.15) is 39.5 Å². The van der Waals surface area contributed by atoms with Gasteiger partial charge in [0.1, 0.15) is 0 Å². The molecule has 0 aliphatic heterocycles. The molecule has 1 saturated carbocycles. The van der Waals surface area contributed by atoms with E-state index >= 15 is 0 Å². The molecule has 0 aromatic rings. The van der Waals surface area contributed by atoms with Crippen LogP contribution in [0.15, 0.2) is 0 Å². The molecule has 2 nitrogen and oxygen atoms in total. The molecule has 0 atom stereocenters. The summed E-state index contributed by atoms with van der Waals surface area (Å²) in [4.78, 5) is 2.51. The first-order valence-corrected chi connectivity index (χ1v) is 5.55. The van der Waals surface area contributed by atoms with E-state index in [4.69, 9.17) is 5.73 Å². The van der Waals surface area contributed by atoms with Crippen LogP contribution in [0.2, 0.25) is 0 Å². The van der Waals surface area contributed by atoms with Crippen LogP contribution in [0.3, 0.4) is 0 Å². The van der Waals surface area contributed by atoms with E-state index in [0.29, 0.717) is 6.04 Å². The van der Waals surface area contributed by atoms with Gasteiger partial charge in [-0.2, -0.15) is 0 Å². The molecule has 0 amide bonds. The minimum atomic E-state index is 0.476. The highest BCUT2D eigenvalue weighted by Crippen LogP contribution is 2.21. The highest BCUT2D eigenvalue weighted by molar-refractivity contribution is 4.79. The van der Waals surface area contributed by atoms with Gasteiger partial charge in [-0.1, -0.05) is 13.8 Å². The average Bonchev–Trinajstić information content (AvgIpc) is 2.04. The van der Waals surface area contributed by atoms with Gasteiger partial charge in [0.25, 0.3) is 0 Å². The highest BCUT2D eigenvalue weighted by atomic mass is 15.1. The van der Waals surface area contributed by atoms with Crippen molar-refractivity contribution in [2.45, 2.75) is 51.6 Å². The van der Waals surface area contributed by atoms with Gasteiger partial charge in [-0.3, -0.25) is 0 Å². The van der Waals surface area contributed by atoms with Crippen LogP contribution in [-0.4, -0.2) is 30.6 Å². The first-order valence-electron chi connectivity index (χ1n) is 5.55. The minimum Gasteiger partial charge on any atom is -0.328 e. The van der Waals surface area contributed by atoms with Crippen molar-refractivity contribution in [3.63, 3.8) is 0 Å². The number of rotatable bonds is 3. The van der Waals surface area contributed by atoms with Crippen LogP contribution < -0.4 is 5.73 Å². The average molecular weight is 184 g/mol. The number of hydrogen-bond donors (Lipinski definition) is 1. The summed E-state index contributed by atoms with van der Waals surface area (Å²) in [7, 11) is 2.25. The zero-order valence-corrected chi connectivity index (χ0v) is 9.29. The summed E-state index contributed by atoms with van der Waals surface area (Å²) in [5, 5.41) is 0. The Balaban J connectivity index is 2.27. The molecule has 0 bridgehead atoms. The molecule has 0 radical (unpaired) electrons. The Morgan fingerprint density at radius 1 is 1.23 bits per heavy atom. The van der Waals surface area contributed by atoms with Gasteiger partial charge >= 0.3 is 0 Å². The molecular weight excluding hydrogens is 160 g/mol. The van der Waals surface area contributed by atoms with Crippen molar-refractivity contribution < 1.29 is 0 Å². The van der Waals surface area contributed by atoms with Gasteiger partial charge in [-0.15, -0.1) is 0 Å². The van der Waals surface area contributed by atoms with Crippen LogP contribution in [0.25, 0.3) is 0 Å². The third-order valence-electron chi connectivity index (χ3n) is 3.02. The number of nitrogens with two attached hydrogens (primary N) is 1. The Morgan fingerprint density at radius 3 is 2.23 bits per heavy atom. The first-order chi connectivity index (χ1) is 6.09. The van der Waals surface area contributed by atoms with Crippen molar-refractivity contribution in [2.24, 2.45) is 11.7 Å². The van der Waals surface area contributed by atoms with Gasteiger partial charge in [0.15, 0.2) is 0 Å². The van der Waals surface area contributed by atoms with E-state index < -0.39 is 0 Å². The molecule has 1 aliphatic carbocycles. The fraction of sp³-hybridized carbons (Fsp3) is 1.00. The smallest absolute Gasteiger partial charge is 0.00934 e. The number of hydrogen-bond acceptors (Lipinski definition) is 2. The SMILES string of the molecule is CC(C)CN(C)[C@H]1CC[C@@H](N)CC1. The van der Waals surface area contributed by atoms with Crippen molar-refractivity contribution in [3.05, 3.63) is 0 Å². The second-order valence-corrected chi connectivity index (χ2v) is 4.90. The molecule has 1 fully saturated rings. The summed E-state index contributed by atoms with van der Waals surface area (Å²) in [5.74, 6) is 0.778. The fourth-order valence-corrected chi connectivity index (χ4v) is 2.27. The van der Waals surface area contributed by atoms with Crippen LogP contribution in [0.4, 0.5) is 0 Å². The summed E-state index contributed by atoms with van der Waals surface area (Å²) < 4.78 is 0. The lowest BCUT2D eigenvalue weighted by atomic mass is 9.90. The Hall–Kier alpha value is -0.0800. The van der Waals surface area contributed by atoms with Crippen LogP contribution >= 0.6 is 0 Å². The largest absolute Gasteiger partial charge is 0.328 e. The van der Waals surface area contributed by atoms with Crippen LogP contribution in [-0.2, 0) is 0 Å². The lowest BCUT2D eigenvalue weighted by molar-refractivity contribution is 0.167. The summed E-state index contributed by atoms with van der Waals surface area (Å²) in [6, 6.07) is 1.27. The zero-order chi connectivity index (χ0) is 9.84. The predicted molar refractivity (Wildman–Crippen MR) is 57.7 cm³/mol. The Kier molecular flexibility index (Phi) is 4.20. The maximum Gasteiger partial charge on any atom is 0.00934 e. The van der Waals surface area contributed by atoms with E-state index in [9.17, 15) is 0 Å². The standard InChI is InChI=1S/C11H24N2/c1-9(2)8-13(3)11-6-4-10(12)5-7-11/h9-11H,4-8,12H2,1-3H3/t10-,11+. The maximum absolute atomic E-state index is 5.88. The summed E-state index contributed by atoms with van der Waals surface area (Å²) in [6.45, 7) is 5.79. The number of nitrogens with zero attached hydrogens (tertiary/aromatic N) is 1. The minimum absolute atomic E-state index is 0.476. The topological polar surface area (TPSA) is 29.3 Å². The second kappa shape index (κ2) is 4.97. The molecule has 78 valence electrons. The molecule has 0 saturated heterocycles. The van der Waals surface area contributed by atoms with Crippen molar-refractivity contribution >= 4 is 0 Å². The molecule has 13 heavy (non-hydrogen) atoms. The van der Waals surface area contributed by atoms with Crippen molar-refractivity contribution in [1.82, 2.24) is 4.90 Å². The van der Waals surface area contributed by atoms with Crippen molar-refractivity contribution in [2.75, 3.05) is 13.6 Å². The lowest BCUT2D eigenvalue weighted by Gasteiger charge is -2.34. The monoisotopic (exact) mass is 184 g/mol. The molecule has 2 heteroatoms. The molecule has 0 unspecified atom stereocenters. The molecule has 0 aromatic heterocycles. The summed E-state index contributed by atoms with van der Waals surface area (Å²) in [5.41, 5.74) is 5.88. The molecule has 0 aromatic carbocycles. The molecule has 0 heterocycles. The molecule has 1 aliphatic rings. The Bertz CT molecular complexity index is 137. The summed E-state index contributed by atoms with van der Waals surface area (Å²) in [6.07, 6.45) is 5.02.